The van der Waals surface area contributed by atoms with Crippen LogP contribution < -0.4 is 10.6 Å². The molecule has 4 rings (SSSR count). The quantitative estimate of drug-likeness (QED) is 0.486. The van der Waals surface area contributed by atoms with Crippen LogP contribution in [0.25, 0.3) is 22.6 Å². The van der Waals surface area contributed by atoms with Crippen molar-refractivity contribution in [1.29, 1.82) is 0 Å². The molecule has 14 heteroatoms. The predicted molar refractivity (Wildman–Crippen MR) is 126 cm³/mol. The van der Waals surface area contributed by atoms with Crippen LogP contribution in [0, 0.1) is 0 Å². The Morgan fingerprint density at radius 1 is 1.06 bits per heavy atom. The normalized spacial score (nSPS) is 14.9. The summed E-state index contributed by atoms with van der Waals surface area (Å²) in [6.07, 6.45) is -4.54. The average molecular weight is 527 g/mol. The molecule has 1 saturated heterocycles. The summed E-state index contributed by atoms with van der Waals surface area (Å²) >= 11 is 0. The zero-order valence-electron chi connectivity index (χ0n) is 20.1. The maximum Gasteiger partial charge on any atom is 0.431 e. The lowest BCUT2D eigenvalue weighted by Gasteiger charge is -2.28. The number of alkyl halides is 3. The van der Waals surface area contributed by atoms with Crippen LogP contribution >= 0.6 is 0 Å². The minimum absolute atomic E-state index is 0.0773. The van der Waals surface area contributed by atoms with Crippen molar-refractivity contribution in [3.63, 3.8) is 0 Å². The highest BCUT2D eigenvalue weighted by molar-refractivity contribution is 7.91. The van der Waals surface area contributed by atoms with Crippen LogP contribution in [0.1, 0.15) is 32.9 Å². The maximum atomic E-state index is 13.6. The molecule has 10 nitrogen and oxygen atoms in total. The fourth-order valence-electron chi connectivity index (χ4n) is 4.40. The zero-order valence-corrected chi connectivity index (χ0v) is 20.9. The number of anilines is 1. The lowest BCUT2D eigenvalue weighted by Crippen LogP contribution is -2.39. The first-order chi connectivity index (χ1) is 16.8. The van der Waals surface area contributed by atoms with Gasteiger partial charge in [0.25, 0.3) is 5.56 Å². The molecular formula is C22H25F3N6O4S. The second kappa shape index (κ2) is 8.91. The number of hydrogen-bond donors (Lipinski definition) is 0. The van der Waals surface area contributed by atoms with Crippen LogP contribution in [0.3, 0.4) is 0 Å². The molecule has 36 heavy (non-hydrogen) atoms. The molecule has 4 heterocycles. The summed E-state index contributed by atoms with van der Waals surface area (Å²) in [7, 11) is -2.41. The van der Waals surface area contributed by atoms with Gasteiger partial charge in [-0.25, -0.2) is 18.4 Å². The summed E-state index contributed by atoms with van der Waals surface area (Å²) in [6.45, 7) is 5.15. The second-order valence-corrected chi connectivity index (χ2v) is 10.5. The standard InChI is InChI=1S/C22H25F3N6O4S/c1-5-29-15(22(23,24)25)12-13-19(21(29)33)28(4)20(26-13)18-14(36(34,35)7-3)8-9-16(27-18)31-11-10-17(32)30(31)6-2/h8-9,12H,5-7,10-11H2,1-4H3. The second-order valence-electron chi connectivity index (χ2n) is 8.21. The number of aromatic nitrogens is 4. The number of hydrogen-bond acceptors (Lipinski definition) is 7. The molecule has 0 bridgehead atoms. The number of nitrogens with zero attached hydrogens (tertiary/aromatic N) is 6. The highest BCUT2D eigenvalue weighted by atomic mass is 32.2. The number of fused-ring (bicyclic) bond motifs is 1. The molecule has 1 aliphatic heterocycles. The number of hydrazine groups is 1. The third kappa shape index (κ3) is 4.02. The first-order valence-electron chi connectivity index (χ1n) is 11.3. The van der Waals surface area contributed by atoms with Gasteiger partial charge in [-0.1, -0.05) is 6.92 Å². The van der Waals surface area contributed by atoms with Crippen molar-refractivity contribution in [2.24, 2.45) is 7.05 Å². The van der Waals surface area contributed by atoms with Crippen molar-refractivity contribution in [3.8, 4) is 11.5 Å². The Hall–Kier alpha value is -3.42. The lowest BCUT2D eigenvalue weighted by atomic mass is 10.3. The van der Waals surface area contributed by atoms with Crippen molar-refractivity contribution < 1.29 is 26.4 Å². The molecule has 1 fully saturated rings. The van der Waals surface area contributed by atoms with Crippen molar-refractivity contribution >= 4 is 32.6 Å². The molecule has 0 atom stereocenters. The van der Waals surface area contributed by atoms with E-state index in [-0.39, 0.29) is 57.9 Å². The number of amides is 1. The van der Waals surface area contributed by atoms with Crippen LogP contribution in [-0.2, 0) is 34.4 Å². The number of halogens is 3. The number of aryl methyl sites for hydroxylation is 1. The number of sulfone groups is 1. The number of carbonyl (C=O) groups is 1. The molecule has 0 saturated carbocycles. The van der Waals surface area contributed by atoms with Gasteiger partial charge in [0.15, 0.2) is 15.7 Å². The fraction of sp³-hybridized carbons (Fsp3) is 0.455. The van der Waals surface area contributed by atoms with Crippen molar-refractivity contribution in [2.45, 2.75) is 44.8 Å². The average Bonchev–Trinajstić information content (AvgIpc) is 3.37. The van der Waals surface area contributed by atoms with Gasteiger partial charge in [0.1, 0.15) is 22.7 Å². The van der Waals surface area contributed by atoms with E-state index in [1.54, 1.807) is 11.9 Å². The van der Waals surface area contributed by atoms with Gasteiger partial charge in [0.2, 0.25) is 5.91 Å². The summed E-state index contributed by atoms with van der Waals surface area (Å²) in [5.74, 6) is -0.170. The third-order valence-corrected chi connectivity index (χ3v) is 7.95. The molecule has 194 valence electrons. The molecule has 0 N–H and O–H groups in total. The molecule has 3 aromatic rings. The van der Waals surface area contributed by atoms with Gasteiger partial charge < -0.3 is 9.13 Å². The predicted octanol–water partition coefficient (Wildman–Crippen LogP) is 2.60. The fourth-order valence-corrected chi connectivity index (χ4v) is 5.41. The zero-order chi connectivity index (χ0) is 26.6. The van der Waals surface area contributed by atoms with Crippen molar-refractivity contribution in [1.82, 2.24) is 24.1 Å². The monoisotopic (exact) mass is 526 g/mol. The van der Waals surface area contributed by atoms with Gasteiger partial charge in [0.05, 0.1) is 22.7 Å². The Bertz CT molecular complexity index is 1530. The van der Waals surface area contributed by atoms with E-state index in [2.05, 4.69) is 9.97 Å². The Morgan fingerprint density at radius 3 is 2.33 bits per heavy atom. The van der Waals surface area contributed by atoms with Crippen molar-refractivity contribution in [2.75, 3.05) is 23.9 Å². The molecule has 1 amide bonds. The van der Waals surface area contributed by atoms with E-state index in [4.69, 9.17) is 0 Å². The van der Waals surface area contributed by atoms with E-state index < -0.39 is 27.3 Å². The van der Waals surface area contributed by atoms with Crippen LogP contribution in [-0.4, -0.2) is 57.3 Å². The van der Waals surface area contributed by atoms with Gasteiger partial charge >= 0.3 is 6.18 Å². The Morgan fingerprint density at radius 2 is 1.75 bits per heavy atom. The summed E-state index contributed by atoms with van der Waals surface area (Å²) in [5.41, 5.74) is -2.50. The molecule has 0 spiro atoms. The molecule has 1 aliphatic rings. The van der Waals surface area contributed by atoms with Crippen LogP contribution in [0.4, 0.5) is 19.0 Å². The van der Waals surface area contributed by atoms with E-state index in [9.17, 15) is 31.2 Å². The Balaban J connectivity index is 2.03. The summed E-state index contributed by atoms with van der Waals surface area (Å²) in [5, 5.41) is 3.09. The third-order valence-electron chi connectivity index (χ3n) is 6.19. The molecule has 0 aliphatic carbocycles. The van der Waals surface area contributed by atoms with Gasteiger partial charge in [-0.2, -0.15) is 13.2 Å². The van der Waals surface area contributed by atoms with Crippen LogP contribution in [0.2, 0.25) is 0 Å². The molecule has 0 unspecified atom stereocenters. The first-order valence-corrected chi connectivity index (χ1v) is 13.0. The Kier molecular flexibility index (Phi) is 6.35. The van der Waals surface area contributed by atoms with Gasteiger partial charge in [-0.3, -0.25) is 19.6 Å². The maximum absolute atomic E-state index is 13.6. The summed E-state index contributed by atoms with van der Waals surface area (Å²) in [6, 6.07) is 3.60. The first kappa shape index (κ1) is 25.7. The van der Waals surface area contributed by atoms with Gasteiger partial charge in [0, 0.05) is 26.6 Å². The van der Waals surface area contributed by atoms with E-state index in [1.165, 1.54) is 42.6 Å². The largest absolute Gasteiger partial charge is 0.431 e. The highest BCUT2D eigenvalue weighted by Gasteiger charge is 2.36. The van der Waals surface area contributed by atoms with Gasteiger partial charge in [-0.05, 0) is 32.0 Å². The molecule has 0 radical (unpaired) electrons. The van der Waals surface area contributed by atoms with Gasteiger partial charge in [-0.15, -0.1) is 0 Å². The highest BCUT2D eigenvalue weighted by Crippen LogP contribution is 2.34. The molecular weight excluding hydrogens is 501 g/mol. The smallest absolute Gasteiger partial charge is 0.321 e. The molecule has 3 aromatic heterocycles. The number of carbonyl (C=O) groups excluding carboxylic acids is 1. The minimum atomic E-state index is -4.79. The lowest BCUT2D eigenvalue weighted by molar-refractivity contribution is -0.144. The van der Waals surface area contributed by atoms with Crippen LogP contribution in [0.5, 0.6) is 0 Å². The summed E-state index contributed by atoms with van der Waals surface area (Å²) in [4.78, 5) is 33.8. The van der Waals surface area contributed by atoms with E-state index in [0.29, 0.717) is 17.7 Å². The number of rotatable bonds is 6. The summed E-state index contributed by atoms with van der Waals surface area (Å²) < 4.78 is 68.6. The minimum Gasteiger partial charge on any atom is -0.321 e. The van der Waals surface area contributed by atoms with E-state index in [1.807, 2.05) is 0 Å². The SMILES string of the molecule is CCN1C(=O)CCN1c1ccc(S(=O)(=O)CC)c(-c2nc3cc(C(F)(F)F)n(CC)c(=O)c3n2C)n1. The number of pyridine rings is 2. The Labute approximate surface area is 204 Å². The van der Waals surface area contributed by atoms with E-state index in [0.717, 1.165) is 6.07 Å². The van der Waals surface area contributed by atoms with Crippen molar-refractivity contribution in [3.05, 3.63) is 34.2 Å². The van der Waals surface area contributed by atoms with Crippen LogP contribution in [0.15, 0.2) is 27.9 Å². The number of imidazole rings is 1. The van der Waals surface area contributed by atoms with E-state index >= 15 is 0 Å². The molecule has 0 aromatic carbocycles. The topological polar surface area (TPSA) is 110 Å².